The number of benzene rings is 1. The second kappa shape index (κ2) is 5.55. The van der Waals surface area contributed by atoms with E-state index < -0.39 is 0 Å². The highest BCUT2D eigenvalue weighted by Gasteiger charge is 2.14. The average molecular weight is 252 g/mol. The lowest BCUT2D eigenvalue weighted by Gasteiger charge is -2.24. The van der Waals surface area contributed by atoms with E-state index in [1.54, 1.807) is 0 Å². The van der Waals surface area contributed by atoms with Crippen molar-refractivity contribution < 1.29 is 0 Å². The summed E-state index contributed by atoms with van der Waals surface area (Å²) in [5, 5.41) is 3.55. The molecule has 0 atom stereocenters. The van der Waals surface area contributed by atoms with E-state index in [9.17, 15) is 0 Å². The fourth-order valence-electron chi connectivity index (χ4n) is 1.89. The van der Waals surface area contributed by atoms with Gasteiger partial charge in [-0.2, -0.15) is 11.8 Å². The van der Waals surface area contributed by atoms with E-state index in [0.717, 1.165) is 11.3 Å². The van der Waals surface area contributed by atoms with Gasteiger partial charge in [-0.3, -0.25) is 0 Å². The maximum Gasteiger partial charge on any atom is 0.106 e. The van der Waals surface area contributed by atoms with Crippen molar-refractivity contribution in [2.24, 2.45) is 5.73 Å². The van der Waals surface area contributed by atoms with E-state index in [1.165, 1.54) is 24.3 Å². The van der Waals surface area contributed by atoms with Gasteiger partial charge in [-0.05, 0) is 36.5 Å². The summed E-state index contributed by atoms with van der Waals surface area (Å²) >= 11 is 7.08. The first-order valence-electron chi connectivity index (χ1n) is 5.50. The maximum absolute atomic E-state index is 5.71. The monoisotopic (exact) mass is 252 g/mol. The summed E-state index contributed by atoms with van der Waals surface area (Å²) in [6.45, 7) is 0. The summed E-state index contributed by atoms with van der Waals surface area (Å²) in [6.07, 6.45) is 2.44. The quantitative estimate of drug-likeness (QED) is 0.811. The minimum Gasteiger partial charge on any atom is -0.389 e. The topological polar surface area (TPSA) is 38.0 Å². The van der Waals surface area contributed by atoms with Crippen molar-refractivity contribution in [1.82, 2.24) is 0 Å². The van der Waals surface area contributed by atoms with Gasteiger partial charge in [0.15, 0.2) is 0 Å². The van der Waals surface area contributed by atoms with E-state index >= 15 is 0 Å². The summed E-state index contributed by atoms with van der Waals surface area (Å²) < 4.78 is 0. The molecule has 0 aromatic heterocycles. The first kappa shape index (κ1) is 11.7. The lowest BCUT2D eigenvalue weighted by molar-refractivity contribution is 0.667. The van der Waals surface area contributed by atoms with Gasteiger partial charge in [-0.15, -0.1) is 0 Å². The van der Waals surface area contributed by atoms with E-state index in [-0.39, 0.29) is 0 Å². The van der Waals surface area contributed by atoms with Crippen LogP contribution in [-0.4, -0.2) is 22.5 Å². The predicted octanol–water partition coefficient (Wildman–Crippen LogP) is 2.63. The predicted molar refractivity (Wildman–Crippen MR) is 76.3 cm³/mol. The minimum absolute atomic E-state index is 0.466. The first-order valence-corrected chi connectivity index (χ1v) is 7.07. The Morgan fingerprint density at radius 3 is 2.69 bits per heavy atom. The Bertz CT molecular complexity index is 373. The summed E-state index contributed by atoms with van der Waals surface area (Å²) in [4.78, 5) is 0.466. The molecule has 0 amide bonds. The highest BCUT2D eigenvalue weighted by atomic mass is 32.2. The van der Waals surface area contributed by atoms with Crippen LogP contribution < -0.4 is 11.1 Å². The van der Waals surface area contributed by atoms with Gasteiger partial charge in [0, 0.05) is 17.3 Å². The molecule has 1 saturated heterocycles. The molecule has 2 rings (SSSR count). The van der Waals surface area contributed by atoms with Gasteiger partial charge in [0.1, 0.15) is 4.99 Å². The van der Waals surface area contributed by atoms with Crippen LogP contribution in [0.25, 0.3) is 0 Å². The van der Waals surface area contributed by atoms with Crippen molar-refractivity contribution in [3.05, 3.63) is 29.8 Å². The Morgan fingerprint density at radius 2 is 2.00 bits per heavy atom. The zero-order valence-corrected chi connectivity index (χ0v) is 10.7. The number of hydrogen-bond donors (Lipinski definition) is 2. The highest BCUT2D eigenvalue weighted by Crippen LogP contribution is 2.23. The molecule has 16 heavy (non-hydrogen) atoms. The van der Waals surface area contributed by atoms with Crippen LogP contribution in [0.4, 0.5) is 5.69 Å². The van der Waals surface area contributed by atoms with E-state index in [1.807, 2.05) is 30.0 Å². The minimum atomic E-state index is 0.466. The molecule has 0 bridgehead atoms. The fraction of sp³-hybridized carbons (Fsp3) is 0.417. The SMILES string of the molecule is NC(=S)c1ccccc1NC1CCSCC1. The van der Waals surface area contributed by atoms with Crippen LogP contribution in [0.5, 0.6) is 0 Å². The molecule has 4 heteroatoms. The maximum atomic E-state index is 5.71. The molecule has 1 heterocycles. The Labute approximate surface area is 106 Å². The largest absolute Gasteiger partial charge is 0.389 e. The number of hydrogen-bond acceptors (Lipinski definition) is 3. The van der Waals surface area contributed by atoms with Crippen LogP contribution in [0.2, 0.25) is 0 Å². The van der Waals surface area contributed by atoms with Crippen LogP contribution in [0.1, 0.15) is 18.4 Å². The zero-order chi connectivity index (χ0) is 11.4. The van der Waals surface area contributed by atoms with Gasteiger partial charge in [0.25, 0.3) is 0 Å². The molecule has 0 unspecified atom stereocenters. The van der Waals surface area contributed by atoms with Gasteiger partial charge in [-0.25, -0.2) is 0 Å². The number of rotatable bonds is 3. The number of nitrogens with two attached hydrogens (primary N) is 1. The average Bonchev–Trinajstić information content (AvgIpc) is 2.31. The van der Waals surface area contributed by atoms with Crippen LogP contribution in [0, 0.1) is 0 Å². The van der Waals surface area contributed by atoms with Gasteiger partial charge >= 0.3 is 0 Å². The second-order valence-electron chi connectivity index (χ2n) is 3.94. The van der Waals surface area contributed by atoms with Crippen molar-refractivity contribution in [3.8, 4) is 0 Å². The van der Waals surface area contributed by atoms with Crippen LogP contribution in [0.15, 0.2) is 24.3 Å². The lowest BCUT2D eigenvalue weighted by atomic mass is 10.1. The standard InChI is InChI=1S/C12H16N2S2/c13-12(15)10-3-1-2-4-11(10)14-9-5-7-16-8-6-9/h1-4,9,14H,5-8H2,(H2,13,15). The molecule has 0 aliphatic carbocycles. The molecule has 3 N–H and O–H groups in total. The Kier molecular flexibility index (Phi) is 4.07. The van der Waals surface area contributed by atoms with Crippen molar-refractivity contribution >= 4 is 34.7 Å². The van der Waals surface area contributed by atoms with Gasteiger partial charge in [0.05, 0.1) is 0 Å². The van der Waals surface area contributed by atoms with Crippen molar-refractivity contribution in [3.63, 3.8) is 0 Å². The molecule has 0 saturated carbocycles. The smallest absolute Gasteiger partial charge is 0.106 e. The number of para-hydroxylation sites is 1. The first-order chi connectivity index (χ1) is 7.77. The third-order valence-corrected chi connectivity index (χ3v) is 4.04. The molecule has 1 aliphatic rings. The summed E-state index contributed by atoms with van der Waals surface area (Å²) in [7, 11) is 0. The number of nitrogens with one attached hydrogen (secondary N) is 1. The third-order valence-electron chi connectivity index (χ3n) is 2.77. The Hall–Kier alpha value is -0.740. The normalized spacial score (nSPS) is 17.0. The molecule has 1 aromatic carbocycles. The molecule has 1 aromatic rings. The summed E-state index contributed by atoms with van der Waals surface area (Å²) in [5.74, 6) is 2.49. The highest BCUT2D eigenvalue weighted by molar-refractivity contribution is 7.99. The van der Waals surface area contributed by atoms with Crippen molar-refractivity contribution in [2.45, 2.75) is 18.9 Å². The second-order valence-corrected chi connectivity index (χ2v) is 5.61. The van der Waals surface area contributed by atoms with Crippen LogP contribution >= 0.6 is 24.0 Å². The lowest BCUT2D eigenvalue weighted by Crippen LogP contribution is -2.26. The van der Waals surface area contributed by atoms with Gasteiger partial charge < -0.3 is 11.1 Å². The fourth-order valence-corrected chi connectivity index (χ4v) is 3.17. The Morgan fingerprint density at radius 1 is 1.31 bits per heavy atom. The number of anilines is 1. The van der Waals surface area contributed by atoms with E-state index in [4.69, 9.17) is 18.0 Å². The zero-order valence-electron chi connectivity index (χ0n) is 9.11. The number of thiocarbonyl (C=S) groups is 1. The van der Waals surface area contributed by atoms with E-state index in [2.05, 4.69) is 11.4 Å². The van der Waals surface area contributed by atoms with E-state index in [0.29, 0.717) is 11.0 Å². The van der Waals surface area contributed by atoms with Gasteiger partial charge in [0.2, 0.25) is 0 Å². The molecule has 1 fully saturated rings. The summed E-state index contributed by atoms with van der Waals surface area (Å²) in [5.41, 5.74) is 7.74. The summed E-state index contributed by atoms with van der Waals surface area (Å²) in [6, 6.07) is 8.58. The molecular weight excluding hydrogens is 236 g/mol. The van der Waals surface area contributed by atoms with Crippen molar-refractivity contribution in [2.75, 3.05) is 16.8 Å². The number of thioether (sulfide) groups is 1. The van der Waals surface area contributed by atoms with Crippen LogP contribution in [0.3, 0.4) is 0 Å². The molecular formula is C12H16N2S2. The molecule has 86 valence electrons. The Balaban J connectivity index is 2.10. The molecule has 1 aliphatic heterocycles. The van der Waals surface area contributed by atoms with Gasteiger partial charge in [-0.1, -0.05) is 24.4 Å². The molecule has 0 radical (unpaired) electrons. The molecule has 0 spiro atoms. The van der Waals surface area contributed by atoms with Crippen LogP contribution in [-0.2, 0) is 0 Å². The van der Waals surface area contributed by atoms with Crippen molar-refractivity contribution in [1.29, 1.82) is 0 Å². The molecule has 2 nitrogen and oxygen atoms in total. The third kappa shape index (κ3) is 2.89.